The van der Waals surface area contributed by atoms with E-state index >= 15 is 0 Å². The number of ether oxygens (including phenoxy) is 2. The third-order valence-corrected chi connectivity index (χ3v) is 6.75. The number of aromatic nitrogens is 1. The molecule has 0 fully saturated rings. The van der Waals surface area contributed by atoms with Crippen LogP contribution in [0.5, 0.6) is 11.5 Å². The van der Waals surface area contributed by atoms with Gasteiger partial charge in [-0.1, -0.05) is 79.2 Å². The van der Waals surface area contributed by atoms with Crippen LogP contribution in [0.4, 0.5) is 0 Å². The number of benzene rings is 3. The number of carbonyl (C=O) groups excluding carboxylic acids is 1. The second kappa shape index (κ2) is 15.3. The Morgan fingerprint density at radius 3 is 2.21 bits per heavy atom. The van der Waals surface area contributed by atoms with Gasteiger partial charge in [-0.15, -0.1) is 0 Å². The molecule has 0 unspecified atom stereocenters. The van der Waals surface area contributed by atoms with Crippen molar-refractivity contribution < 1.29 is 14.3 Å². The molecule has 0 saturated heterocycles. The van der Waals surface area contributed by atoms with Crippen molar-refractivity contribution in [2.75, 3.05) is 13.7 Å². The normalized spacial score (nSPS) is 10.7. The minimum absolute atomic E-state index is 0.175. The van der Waals surface area contributed by atoms with E-state index in [0.29, 0.717) is 37.6 Å². The number of pyridine rings is 1. The van der Waals surface area contributed by atoms with Crippen LogP contribution in [0.3, 0.4) is 0 Å². The summed E-state index contributed by atoms with van der Waals surface area (Å²) in [7, 11) is 1.65. The van der Waals surface area contributed by atoms with Gasteiger partial charge in [-0.3, -0.25) is 9.78 Å². The van der Waals surface area contributed by atoms with E-state index in [-0.39, 0.29) is 5.91 Å². The summed E-state index contributed by atoms with van der Waals surface area (Å²) in [6.07, 6.45) is 7.14. The van der Waals surface area contributed by atoms with Crippen molar-refractivity contribution in [3.63, 3.8) is 0 Å². The van der Waals surface area contributed by atoms with Crippen molar-refractivity contribution in [1.29, 1.82) is 0 Å². The Hall–Kier alpha value is -4.12. The topological polar surface area (TPSA) is 51.7 Å². The van der Waals surface area contributed by atoms with Crippen molar-refractivity contribution in [2.45, 2.75) is 51.7 Å². The van der Waals surface area contributed by atoms with Crippen molar-refractivity contribution in [3.05, 3.63) is 126 Å². The van der Waals surface area contributed by atoms with Crippen molar-refractivity contribution in [1.82, 2.24) is 9.88 Å². The van der Waals surface area contributed by atoms with Gasteiger partial charge >= 0.3 is 0 Å². The molecule has 0 atom stereocenters. The second-order valence-electron chi connectivity index (χ2n) is 9.69. The summed E-state index contributed by atoms with van der Waals surface area (Å²) in [5.41, 5.74) is 4.45. The van der Waals surface area contributed by atoms with Gasteiger partial charge in [0.25, 0.3) is 0 Å². The maximum Gasteiger partial charge on any atom is 0.222 e. The van der Waals surface area contributed by atoms with Crippen molar-refractivity contribution >= 4 is 5.91 Å². The second-order valence-corrected chi connectivity index (χ2v) is 9.69. The predicted molar refractivity (Wildman–Crippen MR) is 156 cm³/mol. The largest absolute Gasteiger partial charge is 0.493 e. The first kappa shape index (κ1) is 27.9. The van der Waals surface area contributed by atoms with Crippen molar-refractivity contribution in [3.8, 4) is 11.5 Å². The number of unbranched alkanes of at least 4 members (excludes halogenated alkanes) is 2. The summed E-state index contributed by atoms with van der Waals surface area (Å²) in [4.78, 5) is 19.7. The third-order valence-electron chi connectivity index (χ3n) is 6.75. The lowest BCUT2D eigenvalue weighted by Crippen LogP contribution is -2.32. The van der Waals surface area contributed by atoms with Crippen LogP contribution in [-0.2, 0) is 30.8 Å². The van der Waals surface area contributed by atoms with Crippen LogP contribution in [0.25, 0.3) is 0 Å². The number of aryl methyl sites for hydroxylation is 1. The van der Waals surface area contributed by atoms with E-state index in [0.717, 1.165) is 48.9 Å². The first-order valence-corrected chi connectivity index (χ1v) is 13.8. The van der Waals surface area contributed by atoms with E-state index in [1.165, 1.54) is 5.56 Å². The number of rotatable bonds is 15. The van der Waals surface area contributed by atoms with Crippen LogP contribution in [0.15, 0.2) is 103 Å². The average molecular weight is 523 g/mol. The van der Waals surface area contributed by atoms with Gasteiger partial charge in [0.15, 0.2) is 11.5 Å². The van der Waals surface area contributed by atoms with Crippen LogP contribution in [0.1, 0.15) is 48.1 Å². The van der Waals surface area contributed by atoms with Gasteiger partial charge in [0.2, 0.25) is 5.91 Å². The summed E-state index contributed by atoms with van der Waals surface area (Å²) in [6.45, 7) is 1.61. The Morgan fingerprint density at radius 2 is 1.49 bits per heavy atom. The van der Waals surface area contributed by atoms with Crippen LogP contribution < -0.4 is 9.47 Å². The number of methoxy groups -OCH3 is 1. The molecule has 3 aromatic carbocycles. The summed E-state index contributed by atoms with van der Waals surface area (Å²) in [5.74, 6) is 1.53. The molecule has 0 spiro atoms. The minimum Gasteiger partial charge on any atom is -0.493 e. The molecule has 4 aromatic rings. The molecule has 5 heteroatoms. The van der Waals surface area contributed by atoms with E-state index in [9.17, 15) is 4.79 Å². The lowest BCUT2D eigenvalue weighted by Gasteiger charge is -2.23. The Balaban J connectivity index is 1.35. The molecule has 0 bridgehead atoms. The zero-order valence-corrected chi connectivity index (χ0v) is 22.8. The number of amides is 1. The Morgan fingerprint density at radius 1 is 0.744 bits per heavy atom. The Labute approximate surface area is 232 Å². The van der Waals surface area contributed by atoms with Gasteiger partial charge in [-0.05, 0) is 60.2 Å². The molecular weight excluding hydrogens is 484 g/mol. The third kappa shape index (κ3) is 9.29. The first-order chi connectivity index (χ1) is 19.2. The molecule has 0 radical (unpaired) electrons. The molecule has 0 N–H and O–H groups in total. The zero-order valence-electron chi connectivity index (χ0n) is 22.8. The van der Waals surface area contributed by atoms with Crippen LogP contribution >= 0.6 is 0 Å². The van der Waals surface area contributed by atoms with E-state index in [1.807, 2.05) is 77.7 Å². The number of nitrogens with zero attached hydrogens (tertiary/aromatic N) is 2. The molecule has 0 aliphatic carbocycles. The van der Waals surface area contributed by atoms with E-state index in [1.54, 1.807) is 13.3 Å². The molecule has 0 saturated carbocycles. The molecule has 1 amide bonds. The molecule has 5 nitrogen and oxygen atoms in total. The fourth-order valence-corrected chi connectivity index (χ4v) is 4.56. The fraction of sp³-hybridized carbons (Fsp3) is 0.294. The molecule has 202 valence electrons. The molecule has 1 heterocycles. The van der Waals surface area contributed by atoms with Gasteiger partial charge in [0.05, 0.1) is 7.11 Å². The fourth-order valence-electron chi connectivity index (χ4n) is 4.56. The highest BCUT2D eigenvalue weighted by Crippen LogP contribution is 2.29. The Bertz CT molecular complexity index is 1260. The molecule has 0 aliphatic heterocycles. The minimum atomic E-state index is 0.175. The van der Waals surface area contributed by atoms with Gasteiger partial charge < -0.3 is 14.4 Å². The summed E-state index contributed by atoms with van der Waals surface area (Å²) < 4.78 is 11.7. The molecule has 39 heavy (non-hydrogen) atoms. The maximum absolute atomic E-state index is 13.3. The molecule has 1 aromatic heterocycles. The van der Waals surface area contributed by atoms with Gasteiger partial charge in [-0.2, -0.15) is 0 Å². The van der Waals surface area contributed by atoms with Gasteiger partial charge in [0, 0.05) is 37.8 Å². The lowest BCUT2D eigenvalue weighted by molar-refractivity contribution is -0.131. The highest BCUT2D eigenvalue weighted by molar-refractivity contribution is 5.76. The first-order valence-electron chi connectivity index (χ1n) is 13.8. The zero-order chi connectivity index (χ0) is 27.1. The molecule has 0 aliphatic rings. The Kier molecular flexibility index (Phi) is 11.0. The highest BCUT2D eigenvalue weighted by atomic mass is 16.5. The quantitative estimate of drug-likeness (QED) is 0.157. The van der Waals surface area contributed by atoms with E-state index in [4.69, 9.17) is 9.47 Å². The van der Waals surface area contributed by atoms with Gasteiger partial charge in [0.1, 0.15) is 6.61 Å². The predicted octanol–water partition coefficient (Wildman–Crippen LogP) is 7.04. The standard InChI is InChI=1S/C34H38N2O3/c1-38-33-25-30(20-21-32(33)39-27-29-16-8-3-9-17-29)26-36(24-22-31-18-11-12-23-35-31)34(37)19-10-4-7-15-28-13-5-2-6-14-28/h2-3,5-6,8-9,11-14,16-18,20-21,23,25H,4,7,10,15,19,22,24,26-27H2,1H3. The van der Waals surface area contributed by atoms with Crippen LogP contribution in [0.2, 0.25) is 0 Å². The summed E-state index contributed by atoms with van der Waals surface area (Å²) in [6, 6.07) is 32.4. The maximum atomic E-state index is 13.3. The SMILES string of the molecule is COc1cc(CN(CCc2ccccn2)C(=O)CCCCCc2ccccc2)ccc1OCc1ccccc1. The average Bonchev–Trinajstić information content (AvgIpc) is 2.99. The smallest absolute Gasteiger partial charge is 0.222 e. The highest BCUT2D eigenvalue weighted by Gasteiger charge is 2.16. The number of hydrogen-bond donors (Lipinski definition) is 0. The lowest BCUT2D eigenvalue weighted by atomic mass is 10.1. The van der Waals surface area contributed by atoms with Gasteiger partial charge in [-0.25, -0.2) is 0 Å². The van der Waals surface area contributed by atoms with Crippen molar-refractivity contribution in [2.24, 2.45) is 0 Å². The number of carbonyl (C=O) groups is 1. The monoisotopic (exact) mass is 522 g/mol. The van der Waals surface area contributed by atoms with E-state index in [2.05, 4.69) is 29.2 Å². The summed E-state index contributed by atoms with van der Waals surface area (Å²) in [5, 5.41) is 0. The number of hydrogen-bond acceptors (Lipinski definition) is 4. The molecular formula is C34H38N2O3. The van der Waals surface area contributed by atoms with E-state index < -0.39 is 0 Å². The van der Waals surface area contributed by atoms with Crippen LogP contribution in [0, 0.1) is 0 Å². The molecule has 4 rings (SSSR count). The summed E-state index contributed by atoms with van der Waals surface area (Å²) >= 11 is 0. The van der Waals surface area contributed by atoms with Crippen LogP contribution in [-0.4, -0.2) is 29.4 Å².